The summed E-state index contributed by atoms with van der Waals surface area (Å²) in [4.78, 5) is 0. The smallest absolute Gasteiger partial charge is 0.375 e. The second kappa shape index (κ2) is 9.78. The van der Waals surface area contributed by atoms with Gasteiger partial charge in [-0.2, -0.15) is 35.4 Å². The molecule has 0 aliphatic rings. The molecule has 0 radical (unpaired) electrons. The van der Waals surface area contributed by atoms with Crippen molar-refractivity contribution in [2.24, 2.45) is 10.8 Å². The van der Waals surface area contributed by atoms with Gasteiger partial charge in [0.2, 0.25) is 0 Å². The van der Waals surface area contributed by atoms with E-state index in [-0.39, 0.29) is 22.2 Å². The minimum Gasteiger partial charge on any atom is -0.375 e. The van der Waals surface area contributed by atoms with Gasteiger partial charge in [-0.25, -0.2) is 24.3 Å². The fraction of sp³-hybridized carbons (Fsp3) is 0. The number of hydrogen-bond acceptors (Lipinski definition) is 2. The summed E-state index contributed by atoms with van der Waals surface area (Å²) >= 11 is 4.54. The molecule has 5 heteroatoms. The Bertz CT molecular complexity index is 390. The summed E-state index contributed by atoms with van der Waals surface area (Å²) in [7, 11) is 0. The van der Waals surface area contributed by atoms with Crippen molar-refractivity contribution in [3.63, 3.8) is 0 Å². The molecule has 0 aromatic heterocycles. The van der Waals surface area contributed by atoms with E-state index in [9.17, 15) is 0 Å². The van der Waals surface area contributed by atoms with Crippen molar-refractivity contribution in [2.75, 3.05) is 0 Å². The zero-order chi connectivity index (χ0) is 11.6. The zero-order valence-corrected chi connectivity index (χ0v) is 11.0. The molecule has 0 aliphatic carbocycles. The van der Waals surface area contributed by atoms with E-state index in [0.717, 1.165) is 5.56 Å². The molecular formula is C12H13FeN3S. The maximum atomic E-state index is 5.14. The van der Waals surface area contributed by atoms with Crippen molar-refractivity contribution in [3.8, 4) is 0 Å². The Morgan fingerprint density at radius 1 is 1.24 bits per heavy atom. The van der Waals surface area contributed by atoms with Gasteiger partial charge >= 0.3 is 17.1 Å². The van der Waals surface area contributed by atoms with Gasteiger partial charge in [-0.1, -0.05) is 0 Å². The van der Waals surface area contributed by atoms with Gasteiger partial charge in [0.25, 0.3) is 0 Å². The van der Waals surface area contributed by atoms with Crippen molar-refractivity contribution in [1.82, 2.24) is 5.43 Å². The van der Waals surface area contributed by atoms with E-state index in [1.54, 1.807) is 6.21 Å². The monoisotopic (exact) mass is 287 g/mol. The van der Waals surface area contributed by atoms with Crippen LogP contribution >= 0.6 is 12.2 Å². The second-order valence-electron chi connectivity index (χ2n) is 2.91. The Balaban J connectivity index is 0.000000360. The van der Waals surface area contributed by atoms with Crippen LogP contribution in [-0.2, 0) is 17.1 Å². The molecule has 2 aromatic carbocycles. The average Bonchev–Trinajstić information content (AvgIpc) is 2.93. The van der Waals surface area contributed by atoms with E-state index in [2.05, 4.69) is 22.7 Å². The molecule has 3 N–H and O–H groups in total. The summed E-state index contributed by atoms with van der Waals surface area (Å²) in [5.41, 5.74) is 8.62. The van der Waals surface area contributed by atoms with Crippen LogP contribution in [0, 0.1) is 0 Å². The molecule has 90 valence electrons. The van der Waals surface area contributed by atoms with Crippen LogP contribution in [0.4, 0.5) is 0 Å². The Kier molecular flexibility index (Phi) is 8.96. The molecule has 0 unspecified atom stereocenters. The Morgan fingerprint density at radius 2 is 1.82 bits per heavy atom. The first-order valence-corrected chi connectivity index (χ1v) is 5.17. The van der Waals surface area contributed by atoms with Crippen molar-refractivity contribution in [2.45, 2.75) is 0 Å². The molecule has 3 nitrogen and oxygen atoms in total. The summed E-state index contributed by atoms with van der Waals surface area (Å²) in [5, 5.41) is 3.95. The quantitative estimate of drug-likeness (QED) is 0.292. The Morgan fingerprint density at radius 3 is 2.24 bits per heavy atom. The summed E-state index contributed by atoms with van der Waals surface area (Å²) < 4.78 is 0. The molecule has 0 saturated heterocycles. The number of thiocarbonyl (C=S) groups is 1. The van der Waals surface area contributed by atoms with Crippen LogP contribution in [0.15, 0.2) is 59.7 Å². The molecule has 0 amide bonds. The molecule has 0 heterocycles. The molecule has 2 aromatic rings. The van der Waals surface area contributed by atoms with Gasteiger partial charge in [-0.3, -0.25) is 5.43 Å². The van der Waals surface area contributed by atoms with Gasteiger partial charge in [-0.15, -0.1) is 5.56 Å². The van der Waals surface area contributed by atoms with Gasteiger partial charge in [0, 0.05) is 0 Å². The molecule has 0 spiro atoms. The number of nitrogens with two attached hydrogens (primary N) is 1. The first kappa shape index (κ1) is 15.6. The number of rotatable bonds is 2. The van der Waals surface area contributed by atoms with E-state index in [1.165, 1.54) is 0 Å². The van der Waals surface area contributed by atoms with Crippen molar-refractivity contribution >= 4 is 23.5 Å². The predicted octanol–water partition coefficient (Wildman–Crippen LogP) is 1.98. The Labute approximate surface area is 117 Å². The zero-order valence-electron chi connectivity index (χ0n) is 9.06. The van der Waals surface area contributed by atoms with Crippen LogP contribution < -0.4 is 11.2 Å². The summed E-state index contributed by atoms with van der Waals surface area (Å²) in [5.74, 6) is 0. The summed E-state index contributed by atoms with van der Waals surface area (Å²) in [6, 6.07) is 17.7. The van der Waals surface area contributed by atoms with Crippen LogP contribution in [-0.4, -0.2) is 11.3 Å². The van der Waals surface area contributed by atoms with E-state index in [1.807, 2.05) is 54.6 Å². The maximum Gasteiger partial charge on any atom is 2.00 e. The van der Waals surface area contributed by atoms with Gasteiger partial charge < -0.3 is 5.73 Å². The molecule has 0 atom stereocenters. The van der Waals surface area contributed by atoms with E-state index >= 15 is 0 Å². The fourth-order valence-corrected chi connectivity index (χ4v) is 1.02. The number of nitrogens with zero attached hydrogens (tertiary/aromatic N) is 1. The molecule has 2 rings (SSSR count). The van der Waals surface area contributed by atoms with Gasteiger partial charge in [0.1, 0.15) is 0 Å². The van der Waals surface area contributed by atoms with Crippen LogP contribution in [0.5, 0.6) is 0 Å². The van der Waals surface area contributed by atoms with E-state index in [0.29, 0.717) is 0 Å². The maximum absolute atomic E-state index is 5.14. The minimum absolute atomic E-state index is 0. The number of hydrazone groups is 1. The van der Waals surface area contributed by atoms with Gasteiger partial charge in [0.15, 0.2) is 5.11 Å². The van der Waals surface area contributed by atoms with Crippen LogP contribution in [0.3, 0.4) is 0 Å². The number of nitrogens with one attached hydrogen (secondary N) is 1. The first-order chi connectivity index (χ1) is 7.79. The molecule has 0 fully saturated rings. The largest absolute Gasteiger partial charge is 2.00 e. The molecule has 0 bridgehead atoms. The fourth-order valence-electron chi connectivity index (χ4n) is 0.966. The molecule has 0 saturated carbocycles. The Hall–Kier alpha value is -1.42. The van der Waals surface area contributed by atoms with Gasteiger partial charge in [0.05, 0.1) is 0 Å². The third kappa shape index (κ3) is 8.39. The second-order valence-corrected chi connectivity index (χ2v) is 3.35. The predicted molar refractivity (Wildman–Crippen MR) is 71.6 cm³/mol. The van der Waals surface area contributed by atoms with E-state index < -0.39 is 0 Å². The minimum atomic E-state index is 0. The van der Waals surface area contributed by atoms with Crippen molar-refractivity contribution < 1.29 is 17.1 Å². The molecule has 17 heavy (non-hydrogen) atoms. The van der Waals surface area contributed by atoms with Gasteiger partial charge in [-0.05, 0) is 18.4 Å². The van der Waals surface area contributed by atoms with Crippen molar-refractivity contribution in [3.05, 3.63) is 60.2 Å². The van der Waals surface area contributed by atoms with E-state index in [4.69, 9.17) is 5.73 Å². The topological polar surface area (TPSA) is 50.4 Å². The van der Waals surface area contributed by atoms with Crippen LogP contribution in [0.1, 0.15) is 5.56 Å². The summed E-state index contributed by atoms with van der Waals surface area (Å²) in [6.07, 6.45) is 1.65. The van der Waals surface area contributed by atoms with Crippen LogP contribution in [0.2, 0.25) is 0 Å². The van der Waals surface area contributed by atoms with Crippen LogP contribution in [0.25, 0.3) is 0 Å². The average molecular weight is 287 g/mol. The van der Waals surface area contributed by atoms with Crippen molar-refractivity contribution in [1.29, 1.82) is 0 Å². The molecule has 0 aliphatic heterocycles. The molecular weight excluding hydrogens is 274 g/mol. The standard InChI is InChI=1S/C7H8N3S.C5H5.Fe/c8-7(11)10-9-5-6-3-1-2-4-6;1-2-4-5-3-1;/h1-5H,(H3,8,10,11);1-5H;/q2*-1;+2. The SMILES string of the molecule is NC(=S)NN=C[c-]1cccc1.[Fe+2].c1cc[cH-]c1. The normalized spacial score (nSPS) is 8.94. The third-order valence-electron chi connectivity index (χ3n) is 1.63. The summed E-state index contributed by atoms with van der Waals surface area (Å²) in [6.45, 7) is 0. The first-order valence-electron chi connectivity index (χ1n) is 4.76. The number of hydrogen-bond donors (Lipinski definition) is 2. The third-order valence-corrected chi connectivity index (χ3v) is 1.72.